The highest BCUT2D eigenvalue weighted by Gasteiger charge is 2.24. The summed E-state index contributed by atoms with van der Waals surface area (Å²) in [5.74, 6) is -2.05. The molecule has 0 spiro atoms. The molecule has 2 aromatic rings. The van der Waals surface area contributed by atoms with Crippen LogP contribution in [0.15, 0.2) is 30.5 Å². The van der Waals surface area contributed by atoms with E-state index in [0.29, 0.717) is 0 Å². The lowest BCUT2D eigenvalue weighted by atomic mass is 10.0. The van der Waals surface area contributed by atoms with Gasteiger partial charge in [-0.25, -0.2) is 13.8 Å². The Bertz CT molecular complexity index is 498. The first kappa shape index (κ1) is 10.8. The van der Waals surface area contributed by atoms with E-state index in [1.54, 1.807) is 18.3 Å². The Kier molecular flexibility index (Phi) is 2.50. The first-order valence-corrected chi connectivity index (χ1v) is 4.97. The van der Waals surface area contributed by atoms with E-state index < -0.39 is 5.92 Å². The molecule has 4 heteroatoms. The van der Waals surface area contributed by atoms with Crippen LogP contribution in [-0.2, 0) is 5.92 Å². The molecule has 16 heavy (non-hydrogen) atoms. The number of nitrogens with zero attached hydrogens (tertiary/aromatic N) is 1. The maximum atomic E-state index is 13.1. The average molecular weight is 222 g/mol. The number of benzene rings is 1. The molecule has 0 radical (unpaired) electrons. The summed E-state index contributed by atoms with van der Waals surface area (Å²) >= 11 is 0. The zero-order valence-electron chi connectivity index (χ0n) is 9.09. The van der Waals surface area contributed by atoms with Gasteiger partial charge in [0.2, 0.25) is 0 Å². The summed E-state index contributed by atoms with van der Waals surface area (Å²) in [6.45, 7) is 2.71. The van der Waals surface area contributed by atoms with Gasteiger partial charge < -0.3 is 4.98 Å². The Morgan fingerprint density at radius 3 is 2.62 bits per heavy atom. The molecule has 0 aliphatic carbocycles. The molecular weight excluding hydrogens is 210 g/mol. The average Bonchev–Trinajstić information content (AvgIpc) is 2.64. The lowest BCUT2D eigenvalue weighted by molar-refractivity contribution is 0.0175. The highest BCUT2D eigenvalue weighted by atomic mass is 19.3. The van der Waals surface area contributed by atoms with Crippen LogP contribution in [0.1, 0.15) is 18.3 Å². The number of rotatable bonds is 2. The maximum absolute atomic E-state index is 13.1. The largest absolute Gasteiger partial charge is 0.342 e. The Hall–Kier alpha value is -1.71. The molecule has 0 saturated carbocycles. The second-order valence-corrected chi connectivity index (χ2v) is 3.85. The predicted molar refractivity (Wildman–Crippen MR) is 58.3 cm³/mol. The molecule has 0 unspecified atom stereocenters. The summed E-state index contributed by atoms with van der Waals surface area (Å²) in [5.41, 5.74) is 1.49. The maximum Gasteiger partial charge on any atom is 0.270 e. The third-order valence-electron chi connectivity index (χ3n) is 2.38. The molecular formula is C12H12F2N2. The molecule has 2 rings (SSSR count). The minimum absolute atomic E-state index is 0.0113. The van der Waals surface area contributed by atoms with Crippen molar-refractivity contribution in [2.75, 3.05) is 0 Å². The molecule has 0 amide bonds. The molecule has 1 aromatic heterocycles. The Morgan fingerprint density at radius 1 is 1.31 bits per heavy atom. The number of halogens is 2. The van der Waals surface area contributed by atoms with E-state index in [1.165, 1.54) is 12.1 Å². The van der Waals surface area contributed by atoms with Crippen molar-refractivity contribution in [3.05, 3.63) is 41.9 Å². The van der Waals surface area contributed by atoms with Gasteiger partial charge in [-0.1, -0.05) is 18.2 Å². The van der Waals surface area contributed by atoms with Crippen molar-refractivity contribution in [2.24, 2.45) is 0 Å². The smallest absolute Gasteiger partial charge is 0.270 e. The third-order valence-corrected chi connectivity index (χ3v) is 2.38. The van der Waals surface area contributed by atoms with E-state index in [2.05, 4.69) is 9.97 Å². The molecule has 1 heterocycles. The fourth-order valence-corrected chi connectivity index (χ4v) is 1.53. The number of aryl methyl sites for hydroxylation is 1. The van der Waals surface area contributed by atoms with Gasteiger partial charge in [0.25, 0.3) is 5.92 Å². The van der Waals surface area contributed by atoms with Crippen LogP contribution >= 0.6 is 0 Å². The van der Waals surface area contributed by atoms with E-state index in [9.17, 15) is 8.78 Å². The minimum Gasteiger partial charge on any atom is -0.342 e. The first-order chi connectivity index (χ1) is 7.47. The van der Waals surface area contributed by atoms with Gasteiger partial charge >= 0.3 is 0 Å². The van der Waals surface area contributed by atoms with Crippen LogP contribution in [0.3, 0.4) is 0 Å². The number of aromatic nitrogens is 2. The number of hydrogen-bond acceptors (Lipinski definition) is 1. The van der Waals surface area contributed by atoms with E-state index in [1.807, 2.05) is 6.92 Å². The van der Waals surface area contributed by atoms with Gasteiger partial charge in [-0.3, -0.25) is 0 Å². The van der Waals surface area contributed by atoms with Crippen molar-refractivity contribution < 1.29 is 8.78 Å². The van der Waals surface area contributed by atoms with Gasteiger partial charge in [-0.2, -0.15) is 0 Å². The molecule has 0 fully saturated rings. The van der Waals surface area contributed by atoms with Gasteiger partial charge in [0, 0.05) is 18.1 Å². The SMILES string of the molecule is Cc1ncc(-c2cccc(C(C)(F)F)c2)[nH]1. The van der Waals surface area contributed by atoms with Crippen molar-refractivity contribution in [3.8, 4) is 11.3 Å². The molecule has 0 aliphatic heterocycles. The van der Waals surface area contributed by atoms with Crippen LogP contribution in [0.25, 0.3) is 11.3 Å². The van der Waals surface area contributed by atoms with Crippen molar-refractivity contribution in [2.45, 2.75) is 19.8 Å². The van der Waals surface area contributed by atoms with Crippen molar-refractivity contribution in [3.63, 3.8) is 0 Å². The lowest BCUT2D eigenvalue weighted by Gasteiger charge is -2.11. The second kappa shape index (κ2) is 3.70. The van der Waals surface area contributed by atoms with Gasteiger partial charge in [0.15, 0.2) is 0 Å². The quantitative estimate of drug-likeness (QED) is 0.827. The summed E-state index contributed by atoms with van der Waals surface area (Å²) < 4.78 is 26.3. The van der Waals surface area contributed by atoms with Gasteiger partial charge in [0.05, 0.1) is 11.9 Å². The van der Waals surface area contributed by atoms with Gasteiger partial charge in [0.1, 0.15) is 5.82 Å². The van der Waals surface area contributed by atoms with Crippen LogP contribution in [0.4, 0.5) is 8.78 Å². The fraction of sp³-hybridized carbons (Fsp3) is 0.250. The zero-order valence-corrected chi connectivity index (χ0v) is 9.09. The van der Waals surface area contributed by atoms with E-state index in [0.717, 1.165) is 24.0 Å². The van der Waals surface area contributed by atoms with Crippen molar-refractivity contribution >= 4 is 0 Å². The monoisotopic (exact) mass is 222 g/mol. The number of imidazole rings is 1. The number of nitrogens with one attached hydrogen (secondary N) is 1. The normalized spacial score (nSPS) is 11.8. The zero-order chi connectivity index (χ0) is 11.8. The molecule has 1 N–H and O–H groups in total. The van der Waals surface area contributed by atoms with E-state index in [-0.39, 0.29) is 5.56 Å². The summed E-state index contributed by atoms with van der Waals surface area (Å²) in [5, 5.41) is 0. The summed E-state index contributed by atoms with van der Waals surface area (Å²) in [6.07, 6.45) is 1.64. The molecule has 0 bridgehead atoms. The topological polar surface area (TPSA) is 28.7 Å². The van der Waals surface area contributed by atoms with Crippen molar-refractivity contribution in [1.82, 2.24) is 9.97 Å². The van der Waals surface area contributed by atoms with Crippen LogP contribution < -0.4 is 0 Å². The number of aromatic amines is 1. The molecule has 0 aliphatic rings. The van der Waals surface area contributed by atoms with Gasteiger partial charge in [-0.15, -0.1) is 0 Å². The molecule has 84 valence electrons. The molecule has 1 aromatic carbocycles. The van der Waals surface area contributed by atoms with Crippen LogP contribution in [0.2, 0.25) is 0 Å². The lowest BCUT2D eigenvalue weighted by Crippen LogP contribution is -2.06. The van der Waals surface area contributed by atoms with Gasteiger partial charge in [-0.05, 0) is 13.0 Å². The molecule has 0 saturated heterocycles. The summed E-state index contributed by atoms with van der Waals surface area (Å²) in [7, 11) is 0. The van der Waals surface area contributed by atoms with E-state index in [4.69, 9.17) is 0 Å². The van der Waals surface area contributed by atoms with Crippen LogP contribution in [0.5, 0.6) is 0 Å². The Balaban J connectivity index is 2.44. The number of hydrogen-bond donors (Lipinski definition) is 1. The highest BCUT2D eigenvalue weighted by Crippen LogP contribution is 2.29. The second-order valence-electron chi connectivity index (χ2n) is 3.85. The predicted octanol–water partition coefficient (Wildman–Crippen LogP) is 3.50. The first-order valence-electron chi connectivity index (χ1n) is 4.97. The van der Waals surface area contributed by atoms with Crippen molar-refractivity contribution in [1.29, 1.82) is 0 Å². The van der Waals surface area contributed by atoms with E-state index >= 15 is 0 Å². The number of alkyl halides is 2. The molecule has 2 nitrogen and oxygen atoms in total. The summed E-state index contributed by atoms with van der Waals surface area (Å²) in [6, 6.07) is 6.31. The fourth-order valence-electron chi connectivity index (χ4n) is 1.53. The van der Waals surface area contributed by atoms with Crippen LogP contribution in [0, 0.1) is 6.92 Å². The van der Waals surface area contributed by atoms with Crippen LogP contribution in [-0.4, -0.2) is 9.97 Å². The standard InChI is InChI=1S/C12H12F2N2/c1-8-15-7-11(16-8)9-4-3-5-10(6-9)12(2,13)14/h3-7H,1-2H3,(H,15,16). The Morgan fingerprint density at radius 2 is 2.06 bits per heavy atom. The minimum atomic E-state index is -2.81. The summed E-state index contributed by atoms with van der Waals surface area (Å²) in [4.78, 5) is 7.06. The molecule has 0 atom stereocenters. The Labute approximate surface area is 92.3 Å². The number of H-pyrrole nitrogens is 1. The third kappa shape index (κ3) is 2.10. The highest BCUT2D eigenvalue weighted by molar-refractivity contribution is 5.59.